The maximum atomic E-state index is 11.8. The van der Waals surface area contributed by atoms with E-state index in [2.05, 4.69) is 0 Å². The number of aliphatic hydroxyl groups is 3. The zero-order chi connectivity index (χ0) is 13.9. The fourth-order valence-corrected chi connectivity index (χ4v) is 1.73. The van der Waals surface area contributed by atoms with Gasteiger partial charge in [-0.1, -0.05) is 42.5 Å². The molecular weight excluding hydrogens is 244 g/mol. The summed E-state index contributed by atoms with van der Waals surface area (Å²) in [5, 5.41) is 29.5. The van der Waals surface area contributed by atoms with Crippen LogP contribution in [0.15, 0.2) is 66.8 Å². The Morgan fingerprint density at radius 1 is 1.00 bits per heavy atom. The molecule has 1 aliphatic carbocycles. The molecule has 0 heterocycles. The van der Waals surface area contributed by atoms with Crippen molar-refractivity contribution in [3.63, 3.8) is 0 Å². The number of carbonyl (C=O) groups is 1. The molecule has 0 bridgehead atoms. The molecule has 0 amide bonds. The van der Waals surface area contributed by atoms with E-state index in [0.717, 1.165) is 18.2 Å². The first-order valence-corrected chi connectivity index (χ1v) is 5.77. The second-order valence-corrected chi connectivity index (χ2v) is 4.33. The van der Waals surface area contributed by atoms with E-state index in [0.29, 0.717) is 5.56 Å². The van der Waals surface area contributed by atoms with Crippen molar-refractivity contribution in [2.45, 2.75) is 11.4 Å². The molecule has 0 spiro atoms. The molecule has 98 valence electrons. The first kappa shape index (κ1) is 13.4. The van der Waals surface area contributed by atoms with E-state index in [-0.39, 0.29) is 5.78 Å². The number of benzene rings is 1. The molecule has 4 nitrogen and oxygen atoms in total. The van der Waals surface area contributed by atoms with Gasteiger partial charge in [0.1, 0.15) is 0 Å². The van der Waals surface area contributed by atoms with E-state index in [9.17, 15) is 20.1 Å². The van der Waals surface area contributed by atoms with Crippen molar-refractivity contribution >= 4 is 5.78 Å². The van der Waals surface area contributed by atoms with Crippen molar-refractivity contribution in [2.24, 2.45) is 0 Å². The summed E-state index contributed by atoms with van der Waals surface area (Å²) in [6, 6.07) is 8.51. The van der Waals surface area contributed by atoms with Gasteiger partial charge in [-0.05, 0) is 24.3 Å². The van der Waals surface area contributed by atoms with Crippen LogP contribution in [-0.2, 0) is 0 Å². The molecule has 1 unspecified atom stereocenters. The van der Waals surface area contributed by atoms with Crippen molar-refractivity contribution in [1.29, 1.82) is 0 Å². The Balaban J connectivity index is 2.21. The Morgan fingerprint density at radius 2 is 1.63 bits per heavy atom. The Kier molecular flexibility index (Phi) is 3.48. The number of carbonyl (C=O) groups excluding carboxylic acids is 1. The van der Waals surface area contributed by atoms with Gasteiger partial charge in [0.25, 0.3) is 0 Å². The second kappa shape index (κ2) is 4.93. The molecule has 0 radical (unpaired) electrons. The quantitative estimate of drug-likeness (QED) is 0.429. The monoisotopic (exact) mass is 258 g/mol. The molecular formula is C15H14O4. The van der Waals surface area contributed by atoms with E-state index < -0.39 is 11.4 Å². The van der Waals surface area contributed by atoms with Gasteiger partial charge in [-0.2, -0.15) is 0 Å². The van der Waals surface area contributed by atoms with E-state index in [1.165, 1.54) is 18.2 Å². The predicted molar refractivity (Wildman–Crippen MR) is 70.3 cm³/mol. The van der Waals surface area contributed by atoms with Crippen LogP contribution in [0.3, 0.4) is 0 Å². The van der Waals surface area contributed by atoms with Crippen LogP contribution in [0.5, 0.6) is 0 Å². The lowest BCUT2D eigenvalue weighted by atomic mass is 9.88. The van der Waals surface area contributed by atoms with Crippen molar-refractivity contribution in [1.82, 2.24) is 0 Å². The average molecular weight is 258 g/mol. The molecule has 3 N–H and O–H groups in total. The molecule has 1 aromatic rings. The summed E-state index contributed by atoms with van der Waals surface area (Å²) in [7, 11) is 0. The van der Waals surface area contributed by atoms with Gasteiger partial charge in [0.2, 0.25) is 5.79 Å². The summed E-state index contributed by atoms with van der Waals surface area (Å²) in [4.78, 5) is 11.8. The van der Waals surface area contributed by atoms with Crippen LogP contribution < -0.4 is 0 Å². The molecule has 2 rings (SSSR count). The first-order valence-electron chi connectivity index (χ1n) is 5.77. The summed E-state index contributed by atoms with van der Waals surface area (Å²) in [6.07, 6.45) is 7.33. The van der Waals surface area contributed by atoms with Crippen LogP contribution in [0.4, 0.5) is 0 Å². The highest BCUT2D eigenvalue weighted by Gasteiger charge is 2.43. The van der Waals surface area contributed by atoms with Gasteiger partial charge in [-0.15, -0.1) is 0 Å². The normalized spacial score (nSPS) is 24.8. The maximum Gasteiger partial charge on any atom is 0.220 e. The SMILES string of the molecule is O=C(C=CC1(O)C=CC=CC1(O)O)c1ccccc1. The van der Waals surface area contributed by atoms with Gasteiger partial charge in [0, 0.05) is 5.56 Å². The van der Waals surface area contributed by atoms with Crippen LogP contribution in [0.2, 0.25) is 0 Å². The largest absolute Gasteiger partial charge is 0.376 e. The summed E-state index contributed by atoms with van der Waals surface area (Å²) in [5.74, 6) is -2.76. The molecule has 0 aromatic heterocycles. The number of hydrogen-bond acceptors (Lipinski definition) is 4. The average Bonchev–Trinajstić information content (AvgIpc) is 2.41. The highest BCUT2D eigenvalue weighted by atomic mass is 16.5. The molecule has 1 aromatic carbocycles. The Bertz CT molecular complexity index is 555. The van der Waals surface area contributed by atoms with Crippen molar-refractivity contribution in [3.05, 3.63) is 72.4 Å². The zero-order valence-electron chi connectivity index (χ0n) is 10.1. The number of allylic oxidation sites excluding steroid dienone is 3. The highest BCUT2D eigenvalue weighted by molar-refractivity contribution is 6.04. The lowest BCUT2D eigenvalue weighted by molar-refractivity contribution is -0.205. The molecule has 0 fully saturated rings. The van der Waals surface area contributed by atoms with Crippen LogP contribution in [-0.4, -0.2) is 32.5 Å². The van der Waals surface area contributed by atoms with Crippen molar-refractivity contribution < 1.29 is 20.1 Å². The molecule has 0 saturated heterocycles. The third-order valence-electron chi connectivity index (χ3n) is 2.93. The van der Waals surface area contributed by atoms with Gasteiger partial charge in [0.05, 0.1) is 0 Å². The first-order chi connectivity index (χ1) is 8.95. The Labute approximate surface area is 110 Å². The number of ketones is 1. The summed E-state index contributed by atoms with van der Waals surface area (Å²) in [6.45, 7) is 0. The molecule has 1 aliphatic rings. The van der Waals surface area contributed by atoms with Crippen LogP contribution in [0.1, 0.15) is 10.4 Å². The molecule has 0 aliphatic heterocycles. The van der Waals surface area contributed by atoms with E-state index in [4.69, 9.17) is 0 Å². The van der Waals surface area contributed by atoms with Crippen molar-refractivity contribution in [2.75, 3.05) is 0 Å². The van der Waals surface area contributed by atoms with Gasteiger partial charge in [-0.25, -0.2) is 0 Å². The zero-order valence-corrected chi connectivity index (χ0v) is 10.1. The summed E-state index contributed by atoms with van der Waals surface area (Å²) < 4.78 is 0. The fraction of sp³-hybridized carbons (Fsp3) is 0.133. The van der Waals surface area contributed by atoms with E-state index in [1.807, 2.05) is 0 Å². The summed E-state index contributed by atoms with van der Waals surface area (Å²) >= 11 is 0. The Morgan fingerprint density at radius 3 is 2.26 bits per heavy atom. The smallest absolute Gasteiger partial charge is 0.220 e. The fourth-order valence-electron chi connectivity index (χ4n) is 1.73. The molecule has 4 heteroatoms. The van der Waals surface area contributed by atoms with Crippen LogP contribution in [0.25, 0.3) is 0 Å². The standard InChI is InChI=1S/C15H14O4/c16-13(12-6-2-1-3-7-12)8-11-14(17)9-4-5-10-15(14,18)19/h1-11,17-19H. The molecule has 1 atom stereocenters. The maximum absolute atomic E-state index is 11.8. The highest BCUT2D eigenvalue weighted by Crippen LogP contribution is 2.28. The minimum atomic E-state index is -2.44. The van der Waals surface area contributed by atoms with E-state index in [1.54, 1.807) is 30.3 Å². The van der Waals surface area contributed by atoms with Crippen LogP contribution in [0, 0.1) is 0 Å². The topological polar surface area (TPSA) is 77.8 Å². The number of rotatable bonds is 3. The van der Waals surface area contributed by atoms with Gasteiger partial charge < -0.3 is 15.3 Å². The number of hydrogen-bond donors (Lipinski definition) is 3. The van der Waals surface area contributed by atoms with Gasteiger partial charge in [-0.3, -0.25) is 4.79 Å². The van der Waals surface area contributed by atoms with Crippen molar-refractivity contribution in [3.8, 4) is 0 Å². The van der Waals surface area contributed by atoms with Gasteiger partial charge in [0.15, 0.2) is 11.4 Å². The van der Waals surface area contributed by atoms with Crippen LogP contribution >= 0.6 is 0 Å². The predicted octanol–water partition coefficient (Wildman–Crippen LogP) is 0.963. The van der Waals surface area contributed by atoms with Gasteiger partial charge >= 0.3 is 0 Å². The second-order valence-electron chi connectivity index (χ2n) is 4.33. The summed E-state index contributed by atoms with van der Waals surface area (Å²) in [5.41, 5.74) is -1.56. The lowest BCUT2D eigenvalue weighted by Gasteiger charge is -2.34. The molecule has 0 saturated carbocycles. The third-order valence-corrected chi connectivity index (χ3v) is 2.93. The minimum absolute atomic E-state index is 0.326. The minimum Gasteiger partial charge on any atom is -0.376 e. The Hall–Kier alpha value is -2.01. The van der Waals surface area contributed by atoms with E-state index >= 15 is 0 Å². The lowest BCUT2D eigenvalue weighted by Crippen LogP contribution is -2.51. The third kappa shape index (κ3) is 2.71. The molecule has 19 heavy (non-hydrogen) atoms.